The molecule has 0 aliphatic heterocycles. The second-order valence-electron chi connectivity index (χ2n) is 1.68. The Kier molecular flexibility index (Phi) is 2.67. The first-order valence-corrected chi connectivity index (χ1v) is 4.47. The summed E-state index contributed by atoms with van der Waals surface area (Å²) in [5.74, 6) is 0.221. The molecule has 0 spiro atoms. The lowest BCUT2D eigenvalue weighted by molar-refractivity contribution is 1.14. The molecule has 0 aromatic carbocycles. The van der Waals surface area contributed by atoms with Crippen LogP contribution in [0, 0.1) is 0 Å². The van der Waals surface area contributed by atoms with Crippen LogP contribution in [0.15, 0.2) is 6.20 Å². The molecule has 0 aliphatic carbocycles. The van der Waals surface area contributed by atoms with Crippen LogP contribution in [0.4, 0.5) is 5.95 Å². The highest BCUT2D eigenvalue weighted by atomic mass is 127. The van der Waals surface area contributed by atoms with Crippen molar-refractivity contribution in [2.75, 3.05) is 5.73 Å². The molecule has 5 heteroatoms. The van der Waals surface area contributed by atoms with Crippen molar-refractivity contribution in [2.45, 2.75) is 4.43 Å². The van der Waals surface area contributed by atoms with Crippen molar-refractivity contribution in [2.24, 2.45) is 0 Å². The van der Waals surface area contributed by atoms with Gasteiger partial charge in [0, 0.05) is 16.2 Å². The molecule has 1 heterocycles. The molecule has 0 fully saturated rings. The van der Waals surface area contributed by atoms with E-state index in [-0.39, 0.29) is 5.95 Å². The molecule has 0 bridgehead atoms. The Bertz CT molecular complexity index is 240. The lowest BCUT2D eigenvalue weighted by Gasteiger charge is -1.97. The van der Waals surface area contributed by atoms with Gasteiger partial charge in [-0.2, -0.15) is 0 Å². The summed E-state index contributed by atoms with van der Waals surface area (Å²) in [6.07, 6.45) is 1.64. The third-order valence-electron chi connectivity index (χ3n) is 0.974. The molecular formula is C5H5ClIN3. The molecule has 0 unspecified atom stereocenters. The average molecular weight is 269 g/mol. The number of anilines is 1. The van der Waals surface area contributed by atoms with Gasteiger partial charge in [0.2, 0.25) is 5.95 Å². The van der Waals surface area contributed by atoms with Gasteiger partial charge < -0.3 is 5.73 Å². The number of halogens is 2. The van der Waals surface area contributed by atoms with Crippen molar-refractivity contribution in [3.63, 3.8) is 0 Å². The zero-order valence-electron chi connectivity index (χ0n) is 5.01. The van der Waals surface area contributed by atoms with Gasteiger partial charge in [0.1, 0.15) is 5.15 Å². The SMILES string of the molecule is Nc1ncc(CI)c(Cl)n1. The maximum atomic E-state index is 5.69. The third kappa shape index (κ3) is 1.69. The van der Waals surface area contributed by atoms with Gasteiger partial charge in [0.25, 0.3) is 0 Å². The Morgan fingerprint density at radius 1 is 1.70 bits per heavy atom. The Hall–Kier alpha value is -0.100. The van der Waals surface area contributed by atoms with Gasteiger partial charge in [-0.05, 0) is 0 Å². The summed E-state index contributed by atoms with van der Waals surface area (Å²) in [6, 6.07) is 0. The molecular weight excluding hydrogens is 264 g/mol. The molecule has 1 aromatic heterocycles. The summed E-state index contributed by atoms with van der Waals surface area (Å²) in [7, 11) is 0. The van der Waals surface area contributed by atoms with E-state index in [1.165, 1.54) is 0 Å². The summed E-state index contributed by atoms with van der Waals surface area (Å²) >= 11 is 7.88. The first-order chi connectivity index (χ1) is 4.74. The second kappa shape index (κ2) is 3.34. The first kappa shape index (κ1) is 8.00. The molecule has 0 saturated heterocycles. The standard InChI is InChI=1S/C5H5ClIN3/c6-4-3(1-7)2-9-5(8)10-4/h2H,1H2,(H2,8,9,10). The van der Waals surface area contributed by atoms with E-state index < -0.39 is 0 Å². The van der Waals surface area contributed by atoms with Crippen LogP contribution in [0.2, 0.25) is 5.15 Å². The second-order valence-corrected chi connectivity index (χ2v) is 2.80. The average Bonchev–Trinajstić information content (AvgIpc) is 1.88. The number of rotatable bonds is 1. The van der Waals surface area contributed by atoms with E-state index in [9.17, 15) is 0 Å². The molecule has 0 atom stereocenters. The minimum absolute atomic E-state index is 0.221. The fourth-order valence-corrected chi connectivity index (χ4v) is 1.47. The topological polar surface area (TPSA) is 51.8 Å². The van der Waals surface area contributed by atoms with Crippen molar-refractivity contribution in [3.8, 4) is 0 Å². The first-order valence-electron chi connectivity index (χ1n) is 2.57. The van der Waals surface area contributed by atoms with Crippen LogP contribution < -0.4 is 5.73 Å². The molecule has 54 valence electrons. The van der Waals surface area contributed by atoms with Crippen LogP contribution >= 0.6 is 34.2 Å². The van der Waals surface area contributed by atoms with Crippen molar-refractivity contribution < 1.29 is 0 Å². The van der Waals surface area contributed by atoms with E-state index in [2.05, 4.69) is 32.6 Å². The van der Waals surface area contributed by atoms with Crippen LogP contribution in [0.5, 0.6) is 0 Å². The number of nitrogens with two attached hydrogens (primary N) is 1. The zero-order valence-corrected chi connectivity index (χ0v) is 7.93. The van der Waals surface area contributed by atoms with E-state index >= 15 is 0 Å². The molecule has 0 radical (unpaired) electrons. The normalized spacial score (nSPS) is 9.80. The van der Waals surface area contributed by atoms with E-state index in [1.807, 2.05) is 0 Å². The predicted molar refractivity (Wildman–Crippen MR) is 49.2 cm³/mol. The minimum atomic E-state index is 0.221. The van der Waals surface area contributed by atoms with Gasteiger partial charge >= 0.3 is 0 Å². The number of alkyl halides is 1. The Morgan fingerprint density at radius 3 is 2.90 bits per heavy atom. The summed E-state index contributed by atoms with van der Waals surface area (Å²) in [4.78, 5) is 7.56. The summed E-state index contributed by atoms with van der Waals surface area (Å²) in [5.41, 5.74) is 6.19. The fourth-order valence-electron chi connectivity index (χ4n) is 0.488. The van der Waals surface area contributed by atoms with Crippen molar-refractivity contribution in [3.05, 3.63) is 16.9 Å². The van der Waals surface area contributed by atoms with Crippen LogP contribution in [-0.2, 0) is 4.43 Å². The van der Waals surface area contributed by atoms with Gasteiger partial charge in [-0.25, -0.2) is 9.97 Å². The molecule has 10 heavy (non-hydrogen) atoms. The van der Waals surface area contributed by atoms with Crippen LogP contribution in [0.1, 0.15) is 5.56 Å². The quantitative estimate of drug-likeness (QED) is 0.479. The Labute approximate surface area is 77.1 Å². The van der Waals surface area contributed by atoms with Crippen LogP contribution in [0.3, 0.4) is 0 Å². The van der Waals surface area contributed by atoms with E-state index in [0.717, 1.165) is 9.99 Å². The molecule has 0 amide bonds. The summed E-state index contributed by atoms with van der Waals surface area (Å²) in [5, 5.41) is 0.446. The monoisotopic (exact) mass is 269 g/mol. The Balaban J connectivity index is 3.07. The molecule has 0 aliphatic rings. The van der Waals surface area contributed by atoms with Crippen LogP contribution in [0.25, 0.3) is 0 Å². The summed E-state index contributed by atoms with van der Waals surface area (Å²) < 4.78 is 0.802. The van der Waals surface area contributed by atoms with E-state index in [4.69, 9.17) is 17.3 Å². The van der Waals surface area contributed by atoms with Gasteiger partial charge in [0.05, 0.1) is 0 Å². The highest BCUT2D eigenvalue weighted by Crippen LogP contribution is 2.15. The van der Waals surface area contributed by atoms with Gasteiger partial charge in [-0.1, -0.05) is 34.2 Å². The lowest BCUT2D eigenvalue weighted by atomic mass is 10.4. The van der Waals surface area contributed by atoms with Crippen molar-refractivity contribution >= 4 is 40.1 Å². The summed E-state index contributed by atoms with van der Waals surface area (Å²) in [6.45, 7) is 0. The number of hydrogen-bond acceptors (Lipinski definition) is 3. The molecule has 3 nitrogen and oxygen atoms in total. The van der Waals surface area contributed by atoms with Crippen molar-refractivity contribution in [1.82, 2.24) is 9.97 Å². The maximum Gasteiger partial charge on any atom is 0.221 e. The van der Waals surface area contributed by atoms with Gasteiger partial charge in [-0.3, -0.25) is 0 Å². The molecule has 1 rings (SSSR count). The highest BCUT2D eigenvalue weighted by Gasteiger charge is 1.99. The lowest BCUT2D eigenvalue weighted by Crippen LogP contribution is -1.96. The minimum Gasteiger partial charge on any atom is -0.368 e. The fraction of sp³-hybridized carbons (Fsp3) is 0.200. The van der Waals surface area contributed by atoms with Crippen LogP contribution in [-0.4, -0.2) is 9.97 Å². The van der Waals surface area contributed by atoms with E-state index in [0.29, 0.717) is 5.15 Å². The number of aromatic nitrogens is 2. The zero-order chi connectivity index (χ0) is 7.56. The third-order valence-corrected chi connectivity index (χ3v) is 2.12. The maximum absolute atomic E-state index is 5.69. The van der Waals surface area contributed by atoms with Gasteiger partial charge in [-0.15, -0.1) is 0 Å². The Morgan fingerprint density at radius 2 is 2.40 bits per heavy atom. The van der Waals surface area contributed by atoms with E-state index in [1.54, 1.807) is 6.20 Å². The van der Waals surface area contributed by atoms with Gasteiger partial charge in [0.15, 0.2) is 0 Å². The number of nitrogens with zero attached hydrogens (tertiary/aromatic N) is 2. The van der Waals surface area contributed by atoms with Crippen molar-refractivity contribution in [1.29, 1.82) is 0 Å². The molecule has 0 saturated carbocycles. The smallest absolute Gasteiger partial charge is 0.221 e. The predicted octanol–water partition coefficient (Wildman–Crippen LogP) is 1.65. The molecule has 1 aromatic rings. The molecule has 2 N–H and O–H groups in total. The highest BCUT2D eigenvalue weighted by molar-refractivity contribution is 14.1. The largest absolute Gasteiger partial charge is 0.368 e. The number of nitrogen functional groups attached to an aromatic ring is 1. The number of hydrogen-bond donors (Lipinski definition) is 1.